The fraction of sp³-hybridized carbons (Fsp3) is 0.353. The third kappa shape index (κ3) is 8.23. The number of rotatable bonds is 13. The third-order valence-corrected chi connectivity index (χ3v) is 7.77. The van der Waals surface area contributed by atoms with Gasteiger partial charge in [0.15, 0.2) is 18.1 Å². The van der Waals surface area contributed by atoms with Crippen LogP contribution in [0.4, 0.5) is 16.2 Å². The molecule has 13 nitrogen and oxygen atoms in total. The molecule has 2 atom stereocenters. The molecule has 4 amide bonds. The highest BCUT2D eigenvalue weighted by atomic mass is 16.7. The minimum absolute atomic E-state index is 0.0384. The number of benzene rings is 3. The predicted octanol–water partition coefficient (Wildman–Crippen LogP) is 4.26. The van der Waals surface area contributed by atoms with Crippen LogP contribution in [0.5, 0.6) is 23.0 Å². The zero-order chi connectivity index (χ0) is 33.5. The summed E-state index contributed by atoms with van der Waals surface area (Å²) >= 11 is 0. The largest absolute Gasteiger partial charge is 0.494 e. The number of methoxy groups -OCH3 is 1. The number of hydrogen-bond acceptors (Lipinski definition) is 8. The van der Waals surface area contributed by atoms with E-state index in [9.17, 15) is 24.3 Å². The van der Waals surface area contributed by atoms with E-state index < -0.39 is 36.5 Å². The van der Waals surface area contributed by atoms with Crippen molar-refractivity contribution in [3.8, 4) is 23.0 Å². The van der Waals surface area contributed by atoms with Crippen molar-refractivity contribution in [1.82, 2.24) is 10.6 Å². The van der Waals surface area contributed by atoms with Gasteiger partial charge in [-0.25, -0.2) is 4.79 Å². The van der Waals surface area contributed by atoms with Gasteiger partial charge in [0, 0.05) is 18.3 Å². The molecule has 248 valence electrons. The fourth-order valence-corrected chi connectivity index (χ4v) is 5.51. The quantitative estimate of drug-likeness (QED) is 0.212. The number of para-hydroxylation sites is 1. The monoisotopic (exact) mass is 646 g/mol. The van der Waals surface area contributed by atoms with Crippen molar-refractivity contribution in [1.29, 1.82) is 0 Å². The van der Waals surface area contributed by atoms with Crippen LogP contribution in [0.1, 0.15) is 43.9 Å². The van der Waals surface area contributed by atoms with Crippen LogP contribution in [-0.2, 0) is 20.8 Å². The molecule has 2 aliphatic rings. The van der Waals surface area contributed by atoms with Crippen LogP contribution in [-0.4, -0.2) is 62.0 Å². The van der Waals surface area contributed by atoms with Gasteiger partial charge in [0.25, 0.3) is 5.91 Å². The highest BCUT2D eigenvalue weighted by Gasteiger charge is 2.28. The van der Waals surface area contributed by atoms with Crippen LogP contribution in [0.15, 0.2) is 60.7 Å². The van der Waals surface area contributed by atoms with Crippen LogP contribution in [0.3, 0.4) is 0 Å². The van der Waals surface area contributed by atoms with Crippen LogP contribution in [0.2, 0.25) is 0 Å². The number of carboxylic acids is 1. The minimum Gasteiger partial charge on any atom is -0.494 e. The number of anilines is 2. The molecule has 13 heteroatoms. The third-order valence-electron chi connectivity index (χ3n) is 7.77. The summed E-state index contributed by atoms with van der Waals surface area (Å²) in [4.78, 5) is 52.7. The van der Waals surface area contributed by atoms with Gasteiger partial charge >= 0.3 is 12.0 Å². The van der Waals surface area contributed by atoms with Crippen LogP contribution >= 0.6 is 0 Å². The standard InChI is InChI=1S/C34H38N4O9/c1-20(2)14-26(33(42)36-25(17-32(40)41)22-8-11-28-30(15-22)47-19-46-28)35-31(39)18-45-23-9-10-24(29(16-23)44-3)37-34(43)38-13-12-21-6-4-5-7-27(21)38/h4-11,15-16,20,25-26H,12-14,17-19H2,1-3H3,(H,35,39)(H,36,42)(H,37,43)(H,40,41). The number of fused-ring (bicyclic) bond motifs is 2. The molecular weight excluding hydrogens is 608 g/mol. The zero-order valence-corrected chi connectivity index (χ0v) is 26.4. The van der Waals surface area contributed by atoms with E-state index >= 15 is 0 Å². The summed E-state index contributed by atoms with van der Waals surface area (Å²) < 4.78 is 21.9. The van der Waals surface area contributed by atoms with E-state index in [1.54, 1.807) is 41.3 Å². The fourth-order valence-electron chi connectivity index (χ4n) is 5.51. The van der Waals surface area contributed by atoms with E-state index in [4.69, 9.17) is 18.9 Å². The first-order valence-electron chi connectivity index (χ1n) is 15.3. The van der Waals surface area contributed by atoms with Gasteiger partial charge in [-0.05, 0) is 60.2 Å². The number of hydrogen-bond donors (Lipinski definition) is 4. The molecule has 0 saturated carbocycles. The topological polar surface area (TPSA) is 165 Å². The Balaban J connectivity index is 1.19. The summed E-state index contributed by atoms with van der Waals surface area (Å²) in [5.41, 5.74) is 2.94. The van der Waals surface area contributed by atoms with Gasteiger partial charge in [0.05, 0.1) is 25.3 Å². The summed E-state index contributed by atoms with van der Waals surface area (Å²) in [6.07, 6.45) is 0.709. The molecule has 0 aromatic heterocycles. The molecule has 2 aliphatic heterocycles. The Labute approximate surface area is 272 Å². The Morgan fingerprint density at radius 3 is 2.53 bits per heavy atom. The Morgan fingerprint density at radius 1 is 0.979 bits per heavy atom. The summed E-state index contributed by atoms with van der Waals surface area (Å²) in [6, 6.07) is 15.4. The van der Waals surface area contributed by atoms with E-state index in [0.717, 1.165) is 17.7 Å². The van der Waals surface area contributed by atoms with Gasteiger partial charge < -0.3 is 40.0 Å². The number of amides is 4. The number of urea groups is 1. The molecule has 0 radical (unpaired) electrons. The summed E-state index contributed by atoms with van der Waals surface area (Å²) in [7, 11) is 1.46. The second kappa shape index (κ2) is 14.8. The van der Waals surface area contributed by atoms with Crippen molar-refractivity contribution >= 4 is 35.2 Å². The first kappa shape index (κ1) is 32.9. The molecular formula is C34H38N4O9. The summed E-state index contributed by atoms with van der Waals surface area (Å²) in [5, 5.41) is 17.9. The molecule has 3 aromatic carbocycles. The molecule has 0 bridgehead atoms. The van der Waals surface area contributed by atoms with Crippen molar-refractivity contribution in [2.75, 3.05) is 37.3 Å². The van der Waals surface area contributed by atoms with Crippen molar-refractivity contribution < 1.29 is 43.2 Å². The smallest absolute Gasteiger partial charge is 0.326 e. The number of carbonyl (C=O) groups is 4. The van der Waals surface area contributed by atoms with E-state index in [0.29, 0.717) is 47.2 Å². The summed E-state index contributed by atoms with van der Waals surface area (Å²) in [6.45, 7) is 4.04. The van der Waals surface area contributed by atoms with Gasteiger partial charge in [-0.15, -0.1) is 0 Å². The SMILES string of the molecule is COc1cc(OCC(=O)NC(CC(C)C)C(=O)NC(CC(=O)O)c2ccc3c(c2)OCO3)ccc1NC(=O)N1CCc2ccccc21. The Bertz CT molecular complexity index is 1640. The van der Waals surface area contributed by atoms with E-state index in [-0.39, 0.29) is 25.2 Å². The zero-order valence-electron chi connectivity index (χ0n) is 26.4. The van der Waals surface area contributed by atoms with Gasteiger partial charge in [-0.3, -0.25) is 19.3 Å². The maximum Gasteiger partial charge on any atom is 0.326 e. The number of carbonyl (C=O) groups excluding carboxylic acids is 3. The first-order chi connectivity index (χ1) is 22.6. The molecule has 0 spiro atoms. The van der Waals surface area contributed by atoms with Crippen molar-refractivity contribution in [3.05, 3.63) is 71.8 Å². The number of nitrogens with zero attached hydrogens (tertiary/aromatic N) is 1. The minimum atomic E-state index is -1.10. The highest BCUT2D eigenvalue weighted by Crippen LogP contribution is 2.35. The van der Waals surface area contributed by atoms with Crippen molar-refractivity contribution in [2.24, 2.45) is 5.92 Å². The lowest BCUT2D eigenvalue weighted by Gasteiger charge is -2.24. The molecule has 4 N–H and O–H groups in total. The maximum absolute atomic E-state index is 13.4. The lowest BCUT2D eigenvalue weighted by molar-refractivity contribution is -0.138. The molecule has 0 saturated heterocycles. The van der Waals surface area contributed by atoms with Crippen LogP contribution in [0.25, 0.3) is 0 Å². The lowest BCUT2D eigenvalue weighted by Crippen LogP contribution is -2.49. The Kier molecular flexibility index (Phi) is 10.3. The second-order valence-electron chi connectivity index (χ2n) is 11.6. The molecule has 3 aromatic rings. The molecule has 47 heavy (non-hydrogen) atoms. The van der Waals surface area contributed by atoms with Crippen molar-refractivity contribution in [2.45, 2.75) is 45.2 Å². The number of carboxylic acid groups (broad SMARTS) is 1. The second-order valence-corrected chi connectivity index (χ2v) is 11.6. The molecule has 0 aliphatic carbocycles. The molecule has 2 heterocycles. The average molecular weight is 647 g/mol. The number of nitrogens with one attached hydrogen (secondary N) is 3. The van der Waals surface area contributed by atoms with E-state index in [1.165, 1.54) is 7.11 Å². The number of ether oxygens (including phenoxy) is 4. The van der Waals surface area contributed by atoms with Crippen molar-refractivity contribution in [3.63, 3.8) is 0 Å². The number of aliphatic carboxylic acids is 1. The van der Waals surface area contributed by atoms with Crippen LogP contribution < -0.4 is 39.8 Å². The molecule has 2 unspecified atom stereocenters. The predicted molar refractivity (Wildman–Crippen MR) is 172 cm³/mol. The first-order valence-corrected chi connectivity index (χ1v) is 15.3. The highest BCUT2D eigenvalue weighted by molar-refractivity contribution is 6.04. The average Bonchev–Trinajstić information content (AvgIpc) is 3.70. The molecule has 5 rings (SSSR count). The van der Waals surface area contributed by atoms with E-state index in [2.05, 4.69) is 16.0 Å². The Hall–Kier alpha value is -5.46. The van der Waals surface area contributed by atoms with Gasteiger partial charge in [0.1, 0.15) is 17.5 Å². The lowest BCUT2D eigenvalue weighted by atomic mass is 10.00. The van der Waals surface area contributed by atoms with Gasteiger partial charge in [0.2, 0.25) is 12.7 Å². The van der Waals surface area contributed by atoms with Crippen LogP contribution in [0, 0.1) is 5.92 Å². The summed E-state index contributed by atoms with van der Waals surface area (Å²) in [5.74, 6) is -0.495. The maximum atomic E-state index is 13.4. The van der Waals surface area contributed by atoms with E-state index in [1.807, 2.05) is 38.1 Å². The molecule has 0 fully saturated rings. The normalized spacial score (nSPS) is 14.2. The van der Waals surface area contributed by atoms with Gasteiger partial charge in [-0.2, -0.15) is 0 Å². The Morgan fingerprint density at radius 2 is 1.77 bits per heavy atom. The van der Waals surface area contributed by atoms with Gasteiger partial charge in [-0.1, -0.05) is 38.1 Å².